The molecular formula is C37H48N2O6. The second kappa shape index (κ2) is 13.1. The second-order valence-corrected chi connectivity index (χ2v) is 13.6. The Kier molecular flexibility index (Phi) is 9.57. The maximum absolute atomic E-state index is 15.0. The SMILES string of the molecule is C=CCCCCOC(=O)[C@@H]1[C@H]2C(=O)N([C@@H](CO)CC(C)C)C(C(=O)N(CC=C)c3ccc4ccccc4c3)C23CC(C)[C@@]1(C)O3. The molecule has 3 aliphatic rings. The van der Waals surface area contributed by atoms with Gasteiger partial charge in [-0.1, -0.05) is 63.3 Å². The lowest BCUT2D eigenvalue weighted by Gasteiger charge is -2.40. The molecule has 8 nitrogen and oxygen atoms in total. The number of likely N-dealkylation sites (tertiary alicyclic amines) is 1. The first-order valence-electron chi connectivity index (χ1n) is 16.4. The van der Waals surface area contributed by atoms with Crippen LogP contribution in [-0.4, -0.2) is 70.8 Å². The highest BCUT2D eigenvalue weighted by Crippen LogP contribution is 2.66. The number of carbonyl (C=O) groups excluding carboxylic acids is 3. The van der Waals surface area contributed by atoms with Crippen molar-refractivity contribution in [3.05, 3.63) is 67.8 Å². The number of esters is 1. The molecule has 2 aromatic carbocycles. The summed E-state index contributed by atoms with van der Waals surface area (Å²) in [6.07, 6.45) is 6.82. The van der Waals surface area contributed by atoms with Crippen molar-refractivity contribution in [1.82, 2.24) is 4.90 Å². The molecule has 3 aliphatic heterocycles. The Bertz CT molecular complexity index is 1460. The monoisotopic (exact) mass is 616 g/mol. The number of nitrogens with zero attached hydrogens (tertiary/aromatic N) is 2. The lowest BCUT2D eigenvalue weighted by molar-refractivity contribution is -0.162. The molecule has 2 amide bonds. The molecule has 3 saturated heterocycles. The molecule has 0 aromatic heterocycles. The van der Waals surface area contributed by atoms with Crippen molar-refractivity contribution in [1.29, 1.82) is 0 Å². The fourth-order valence-corrected chi connectivity index (χ4v) is 8.13. The van der Waals surface area contributed by atoms with Gasteiger partial charge in [-0.25, -0.2) is 0 Å². The third-order valence-corrected chi connectivity index (χ3v) is 10.3. The minimum absolute atomic E-state index is 0.110. The van der Waals surface area contributed by atoms with Gasteiger partial charge in [-0.3, -0.25) is 14.4 Å². The highest BCUT2D eigenvalue weighted by atomic mass is 16.6. The van der Waals surface area contributed by atoms with E-state index in [2.05, 4.69) is 13.2 Å². The van der Waals surface area contributed by atoms with Crippen molar-refractivity contribution in [2.24, 2.45) is 23.7 Å². The Morgan fingerprint density at radius 1 is 1.16 bits per heavy atom. The highest BCUT2D eigenvalue weighted by Gasteiger charge is 2.80. The van der Waals surface area contributed by atoms with E-state index in [4.69, 9.17) is 9.47 Å². The van der Waals surface area contributed by atoms with E-state index in [0.29, 0.717) is 24.9 Å². The number of hydrogen-bond acceptors (Lipinski definition) is 6. The number of hydrogen-bond donors (Lipinski definition) is 1. The number of ether oxygens (including phenoxy) is 2. The van der Waals surface area contributed by atoms with E-state index in [0.717, 1.165) is 23.6 Å². The molecule has 0 radical (unpaired) electrons. The Morgan fingerprint density at radius 2 is 1.89 bits per heavy atom. The molecule has 0 aliphatic carbocycles. The normalized spacial score (nSPS) is 29.2. The van der Waals surface area contributed by atoms with Gasteiger partial charge in [0, 0.05) is 12.2 Å². The van der Waals surface area contributed by atoms with E-state index in [1.807, 2.05) is 76.2 Å². The maximum atomic E-state index is 15.0. The molecule has 2 bridgehead atoms. The van der Waals surface area contributed by atoms with Gasteiger partial charge in [0.25, 0.3) is 5.91 Å². The maximum Gasteiger partial charge on any atom is 0.312 e. The number of aliphatic hydroxyl groups excluding tert-OH is 1. The van der Waals surface area contributed by atoms with Crippen LogP contribution >= 0.6 is 0 Å². The first kappa shape index (κ1) is 32.9. The number of allylic oxidation sites excluding steroid dienone is 1. The predicted molar refractivity (Wildman–Crippen MR) is 175 cm³/mol. The van der Waals surface area contributed by atoms with E-state index in [-0.39, 0.29) is 43.4 Å². The zero-order chi connectivity index (χ0) is 32.5. The van der Waals surface area contributed by atoms with Crippen molar-refractivity contribution >= 4 is 34.2 Å². The van der Waals surface area contributed by atoms with Gasteiger partial charge < -0.3 is 24.4 Å². The molecule has 3 fully saturated rings. The summed E-state index contributed by atoms with van der Waals surface area (Å²) in [7, 11) is 0. The fraction of sp³-hybridized carbons (Fsp3) is 0.541. The second-order valence-electron chi connectivity index (χ2n) is 13.6. The van der Waals surface area contributed by atoms with Crippen LogP contribution in [0.2, 0.25) is 0 Å². The average Bonchev–Trinajstić information content (AvgIpc) is 3.54. The molecule has 1 N–H and O–H groups in total. The van der Waals surface area contributed by atoms with Gasteiger partial charge in [-0.15, -0.1) is 13.2 Å². The Balaban J connectivity index is 1.58. The average molecular weight is 617 g/mol. The Hall–Kier alpha value is -3.49. The summed E-state index contributed by atoms with van der Waals surface area (Å²) >= 11 is 0. The number of unbranched alkanes of at least 4 members (excludes halogenated alkanes) is 2. The summed E-state index contributed by atoms with van der Waals surface area (Å²) < 4.78 is 12.7. The van der Waals surface area contributed by atoms with Crippen LogP contribution in [0.3, 0.4) is 0 Å². The smallest absolute Gasteiger partial charge is 0.312 e. The third-order valence-electron chi connectivity index (χ3n) is 10.3. The van der Waals surface area contributed by atoms with Gasteiger partial charge in [0.05, 0.1) is 30.8 Å². The van der Waals surface area contributed by atoms with Crippen molar-refractivity contribution in [3.8, 4) is 0 Å². The molecule has 8 heteroatoms. The summed E-state index contributed by atoms with van der Waals surface area (Å²) in [6, 6.07) is 12.1. The first-order chi connectivity index (χ1) is 21.5. The number of aliphatic hydroxyl groups is 1. The van der Waals surface area contributed by atoms with Gasteiger partial charge in [-0.2, -0.15) is 0 Å². The highest BCUT2D eigenvalue weighted by molar-refractivity contribution is 6.06. The van der Waals surface area contributed by atoms with E-state index >= 15 is 4.79 Å². The summed E-state index contributed by atoms with van der Waals surface area (Å²) in [5.74, 6) is -2.80. The van der Waals surface area contributed by atoms with Gasteiger partial charge in [-0.05, 0) is 73.8 Å². The third kappa shape index (κ3) is 5.61. The topological polar surface area (TPSA) is 96.4 Å². The molecule has 3 unspecified atom stereocenters. The molecular weight excluding hydrogens is 568 g/mol. The van der Waals surface area contributed by atoms with Crippen molar-refractivity contribution < 1.29 is 29.0 Å². The quantitative estimate of drug-likeness (QED) is 0.167. The van der Waals surface area contributed by atoms with Crippen molar-refractivity contribution in [2.75, 3.05) is 24.7 Å². The number of benzene rings is 2. The summed E-state index contributed by atoms with van der Waals surface area (Å²) in [4.78, 5) is 46.7. The molecule has 2 aromatic rings. The van der Waals surface area contributed by atoms with Crippen molar-refractivity contribution in [3.63, 3.8) is 0 Å². The van der Waals surface area contributed by atoms with Gasteiger partial charge in [0.1, 0.15) is 17.6 Å². The molecule has 242 valence electrons. The van der Waals surface area contributed by atoms with Crippen LogP contribution in [0.5, 0.6) is 0 Å². The molecule has 1 spiro atoms. The van der Waals surface area contributed by atoms with Crippen LogP contribution in [0.25, 0.3) is 10.8 Å². The van der Waals surface area contributed by atoms with Crippen LogP contribution in [-0.2, 0) is 23.9 Å². The van der Waals surface area contributed by atoms with Gasteiger partial charge >= 0.3 is 5.97 Å². The van der Waals surface area contributed by atoms with Crippen LogP contribution in [0.15, 0.2) is 67.8 Å². The molecule has 45 heavy (non-hydrogen) atoms. The minimum Gasteiger partial charge on any atom is -0.465 e. The summed E-state index contributed by atoms with van der Waals surface area (Å²) in [5.41, 5.74) is -1.53. The minimum atomic E-state index is -1.24. The fourth-order valence-electron chi connectivity index (χ4n) is 8.13. The van der Waals surface area contributed by atoms with E-state index in [1.165, 1.54) is 0 Å². The summed E-state index contributed by atoms with van der Waals surface area (Å²) in [6.45, 7) is 15.8. The number of rotatable bonds is 14. The largest absolute Gasteiger partial charge is 0.465 e. The van der Waals surface area contributed by atoms with Gasteiger partial charge in [0.15, 0.2) is 0 Å². The zero-order valence-electron chi connectivity index (χ0n) is 27.1. The summed E-state index contributed by atoms with van der Waals surface area (Å²) in [5, 5.41) is 12.7. The predicted octanol–water partition coefficient (Wildman–Crippen LogP) is 5.68. The number of fused-ring (bicyclic) bond motifs is 2. The molecule has 0 saturated carbocycles. The van der Waals surface area contributed by atoms with Gasteiger partial charge in [0.2, 0.25) is 5.91 Å². The van der Waals surface area contributed by atoms with Crippen LogP contribution in [0.1, 0.15) is 59.8 Å². The van der Waals surface area contributed by atoms with E-state index in [9.17, 15) is 14.7 Å². The van der Waals surface area contributed by atoms with Crippen LogP contribution in [0.4, 0.5) is 5.69 Å². The number of carbonyl (C=O) groups is 3. The number of anilines is 1. The molecule has 5 rings (SSSR count). The van der Waals surface area contributed by atoms with Crippen LogP contribution < -0.4 is 4.90 Å². The Morgan fingerprint density at radius 3 is 2.56 bits per heavy atom. The van der Waals surface area contributed by atoms with Crippen molar-refractivity contribution in [2.45, 2.75) is 83.1 Å². The number of amides is 2. The molecule has 3 heterocycles. The standard InChI is InChI=1S/C37H48N2O6/c1-7-9-10-13-19-44-35(43)31-30-33(41)39(29(23-40)20-24(3)4)32(37(30)22-25(5)36(31,6)45-37)34(42)38(18-8-2)28-17-16-26-14-11-12-15-27(26)21-28/h7-8,11-12,14-17,21,24-25,29-32,40H,1-2,9-10,13,18-20,22-23H2,3-6H3/t25?,29-,30+,31+,32?,36-,37?/m1/s1. The lowest BCUT2D eigenvalue weighted by Crippen LogP contribution is -2.59. The molecule has 7 atom stereocenters. The van der Waals surface area contributed by atoms with E-state index in [1.54, 1.807) is 15.9 Å². The first-order valence-corrected chi connectivity index (χ1v) is 16.4. The lowest BCUT2D eigenvalue weighted by atomic mass is 9.62. The zero-order valence-corrected chi connectivity index (χ0v) is 27.1. The van der Waals surface area contributed by atoms with Crippen LogP contribution in [0, 0.1) is 23.7 Å². The Labute approximate surface area is 267 Å². The van der Waals surface area contributed by atoms with E-state index < -0.39 is 41.1 Å².